The van der Waals surface area contributed by atoms with Crippen molar-refractivity contribution in [2.75, 3.05) is 13.1 Å². The maximum atomic E-state index is 12.4. The van der Waals surface area contributed by atoms with Crippen molar-refractivity contribution in [1.29, 1.82) is 10.5 Å². The van der Waals surface area contributed by atoms with Crippen LogP contribution in [-0.2, 0) is 11.3 Å². The van der Waals surface area contributed by atoms with Crippen molar-refractivity contribution in [1.82, 2.24) is 24.3 Å². The molecule has 1 saturated heterocycles. The standard InChI is InChI=1S/C25H21N7O2S/c26-10-17-3-1-2-4-22(17)35-23-9-18(15-32-25(23)19(11-27)12-29-32)20-13-28-31(14-20)8-6-24(34)30-7-5-21(33)16-30/h1-4,9,12-15,21,33H,5-8,16H2/t21-/m1/s1. The molecule has 0 radical (unpaired) electrons. The normalized spacial score (nSPS) is 15.3. The van der Waals surface area contributed by atoms with Gasteiger partial charge in [0.05, 0.1) is 35.1 Å². The number of likely N-dealkylation sites (tertiary alicyclic amines) is 1. The Kier molecular flexibility index (Phi) is 6.23. The number of nitrogens with zero attached hydrogens (tertiary/aromatic N) is 7. The molecule has 1 amide bonds. The Morgan fingerprint density at radius 2 is 1.91 bits per heavy atom. The zero-order chi connectivity index (χ0) is 24.4. The fourth-order valence-corrected chi connectivity index (χ4v) is 5.23. The molecule has 1 atom stereocenters. The Morgan fingerprint density at radius 1 is 1.09 bits per heavy atom. The van der Waals surface area contributed by atoms with Crippen LogP contribution in [0.5, 0.6) is 0 Å². The van der Waals surface area contributed by atoms with Gasteiger partial charge in [-0.25, -0.2) is 4.52 Å². The Labute approximate surface area is 205 Å². The first kappa shape index (κ1) is 22.7. The van der Waals surface area contributed by atoms with E-state index in [4.69, 9.17) is 0 Å². The Balaban J connectivity index is 1.42. The van der Waals surface area contributed by atoms with Crippen molar-refractivity contribution in [3.63, 3.8) is 0 Å². The Hall–Kier alpha value is -4.12. The monoisotopic (exact) mass is 483 g/mol. The number of rotatable bonds is 6. The maximum Gasteiger partial charge on any atom is 0.224 e. The first-order valence-electron chi connectivity index (χ1n) is 11.1. The SMILES string of the molecule is N#Cc1ccccc1Sc1cc(-c2cnn(CCC(=O)N3CC[C@@H](O)C3)c2)cn2ncc(C#N)c12. The third kappa shape index (κ3) is 4.62. The van der Waals surface area contributed by atoms with Gasteiger partial charge in [0.15, 0.2) is 0 Å². The lowest BCUT2D eigenvalue weighted by molar-refractivity contribution is -0.130. The smallest absolute Gasteiger partial charge is 0.224 e. The molecule has 1 aliphatic rings. The highest BCUT2D eigenvalue weighted by molar-refractivity contribution is 7.99. The van der Waals surface area contributed by atoms with Crippen LogP contribution in [0.1, 0.15) is 24.0 Å². The number of hydrogen-bond acceptors (Lipinski definition) is 7. The molecule has 3 aromatic heterocycles. The summed E-state index contributed by atoms with van der Waals surface area (Å²) in [5, 5.41) is 37.5. The second-order valence-corrected chi connectivity index (χ2v) is 9.37. The summed E-state index contributed by atoms with van der Waals surface area (Å²) in [6.07, 6.45) is 7.49. The molecule has 0 saturated carbocycles. The van der Waals surface area contributed by atoms with E-state index in [1.165, 1.54) is 18.0 Å². The summed E-state index contributed by atoms with van der Waals surface area (Å²) in [6, 6.07) is 13.7. The number of β-amino-alcohol motifs (C(OH)–C–C–N with tert-alkyl or cyclic N) is 1. The van der Waals surface area contributed by atoms with Crippen LogP contribution in [0, 0.1) is 22.7 Å². The molecule has 35 heavy (non-hydrogen) atoms. The van der Waals surface area contributed by atoms with Crippen LogP contribution in [0.3, 0.4) is 0 Å². The van der Waals surface area contributed by atoms with E-state index < -0.39 is 6.10 Å². The Bertz CT molecular complexity index is 1490. The van der Waals surface area contributed by atoms with Crippen LogP contribution in [0.4, 0.5) is 0 Å². The van der Waals surface area contributed by atoms with Gasteiger partial charge in [-0.05, 0) is 24.6 Å². The predicted molar refractivity (Wildman–Crippen MR) is 128 cm³/mol. The number of hydrogen-bond donors (Lipinski definition) is 1. The molecule has 10 heteroatoms. The minimum absolute atomic E-state index is 0.00966. The number of benzene rings is 1. The van der Waals surface area contributed by atoms with E-state index in [0.717, 1.165) is 20.9 Å². The number of fused-ring (bicyclic) bond motifs is 1. The van der Waals surface area contributed by atoms with Gasteiger partial charge < -0.3 is 10.0 Å². The van der Waals surface area contributed by atoms with Crippen molar-refractivity contribution >= 4 is 23.2 Å². The lowest BCUT2D eigenvalue weighted by Crippen LogP contribution is -2.30. The molecule has 4 heterocycles. The fourth-order valence-electron chi connectivity index (χ4n) is 4.14. The van der Waals surface area contributed by atoms with E-state index in [0.29, 0.717) is 49.1 Å². The van der Waals surface area contributed by atoms with E-state index in [1.807, 2.05) is 36.7 Å². The van der Waals surface area contributed by atoms with Crippen molar-refractivity contribution in [3.05, 3.63) is 66.2 Å². The topological polar surface area (TPSA) is 123 Å². The molecule has 5 rings (SSSR count). The number of aliphatic hydroxyl groups is 1. The third-order valence-electron chi connectivity index (χ3n) is 5.96. The van der Waals surface area contributed by atoms with Crippen molar-refractivity contribution < 1.29 is 9.90 Å². The molecular formula is C25H21N7O2S. The third-order valence-corrected chi connectivity index (χ3v) is 7.07. The molecule has 9 nitrogen and oxygen atoms in total. The van der Waals surface area contributed by atoms with E-state index in [1.54, 1.807) is 26.4 Å². The summed E-state index contributed by atoms with van der Waals surface area (Å²) in [7, 11) is 0. The van der Waals surface area contributed by atoms with Crippen molar-refractivity contribution in [3.8, 4) is 23.3 Å². The van der Waals surface area contributed by atoms with Gasteiger partial charge in [-0.3, -0.25) is 9.48 Å². The molecule has 0 unspecified atom stereocenters. The Morgan fingerprint density at radius 3 is 2.69 bits per heavy atom. The van der Waals surface area contributed by atoms with Gasteiger partial charge in [0, 0.05) is 59.4 Å². The average Bonchev–Trinajstić information content (AvgIpc) is 3.62. The van der Waals surface area contributed by atoms with Crippen LogP contribution in [0.15, 0.2) is 64.9 Å². The lowest BCUT2D eigenvalue weighted by atomic mass is 10.1. The van der Waals surface area contributed by atoms with Crippen LogP contribution >= 0.6 is 11.8 Å². The quantitative estimate of drug-likeness (QED) is 0.447. The summed E-state index contributed by atoms with van der Waals surface area (Å²) in [5.74, 6) is 0.00966. The maximum absolute atomic E-state index is 12.4. The molecule has 1 aliphatic heterocycles. The molecular weight excluding hydrogens is 462 g/mol. The molecule has 0 bridgehead atoms. The number of amides is 1. The summed E-state index contributed by atoms with van der Waals surface area (Å²) in [6.45, 7) is 1.42. The van der Waals surface area contributed by atoms with Crippen LogP contribution < -0.4 is 0 Å². The first-order valence-corrected chi connectivity index (χ1v) is 11.9. The molecule has 4 aromatic rings. The van der Waals surface area contributed by atoms with E-state index in [-0.39, 0.29) is 5.91 Å². The first-order chi connectivity index (χ1) is 17.1. The van der Waals surface area contributed by atoms with E-state index in [9.17, 15) is 20.4 Å². The second-order valence-electron chi connectivity index (χ2n) is 8.29. The zero-order valence-corrected chi connectivity index (χ0v) is 19.5. The van der Waals surface area contributed by atoms with Crippen molar-refractivity contribution in [2.24, 2.45) is 0 Å². The number of aryl methyl sites for hydroxylation is 1. The molecule has 0 spiro atoms. The second kappa shape index (κ2) is 9.63. The summed E-state index contributed by atoms with van der Waals surface area (Å²) >= 11 is 1.41. The van der Waals surface area contributed by atoms with Gasteiger partial charge in [0.1, 0.15) is 12.1 Å². The van der Waals surface area contributed by atoms with Gasteiger partial charge in [-0.1, -0.05) is 23.9 Å². The fraction of sp³-hybridized carbons (Fsp3) is 0.240. The van der Waals surface area contributed by atoms with E-state index in [2.05, 4.69) is 22.3 Å². The van der Waals surface area contributed by atoms with Gasteiger partial charge in [0.2, 0.25) is 5.91 Å². The van der Waals surface area contributed by atoms with Gasteiger partial charge in [-0.15, -0.1) is 0 Å². The number of nitriles is 2. The predicted octanol–water partition coefficient (Wildman–Crippen LogP) is 3.08. The molecule has 1 fully saturated rings. The van der Waals surface area contributed by atoms with Gasteiger partial charge in [0.25, 0.3) is 0 Å². The highest BCUT2D eigenvalue weighted by Gasteiger charge is 2.24. The number of carbonyl (C=O) groups excluding carboxylic acids is 1. The number of aliphatic hydroxyl groups excluding tert-OH is 1. The average molecular weight is 484 g/mol. The molecule has 1 N–H and O–H groups in total. The number of carbonyl (C=O) groups is 1. The number of pyridine rings is 1. The molecule has 1 aromatic carbocycles. The van der Waals surface area contributed by atoms with Crippen molar-refractivity contribution in [2.45, 2.75) is 35.3 Å². The van der Waals surface area contributed by atoms with Gasteiger partial charge in [-0.2, -0.15) is 20.7 Å². The summed E-state index contributed by atoms with van der Waals surface area (Å²) < 4.78 is 3.40. The highest BCUT2D eigenvalue weighted by atomic mass is 32.2. The summed E-state index contributed by atoms with van der Waals surface area (Å²) in [4.78, 5) is 15.7. The van der Waals surface area contributed by atoms with Crippen LogP contribution in [0.25, 0.3) is 16.6 Å². The lowest BCUT2D eigenvalue weighted by Gasteiger charge is -2.15. The molecule has 0 aliphatic carbocycles. The largest absolute Gasteiger partial charge is 0.391 e. The van der Waals surface area contributed by atoms with Gasteiger partial charge >= 0.3 is 0 Å². The van der Waals surface area contributed by atoms with Crippen LogP contribution in [0.2, 0.25) is 0 Å². The number of aromatic nitrogens is 4. The molecule has 174 valence electrons. The summed E-state index contributed by atoms with van der Waals surface area (Å²) in [5.41, 5.74) is 3.39. The minimum Gasteiger partial charge on any atom is -0.391 e. The zero-order valence-electron chi connectivity index (χ0n) is 18.7. The minimum atomic E-state index is -0.429. The van der Waals surface area contributed by atoms with E-state index >= 15 is 0 Å². The van der Waals surface area contributed by atoms with Crippen LogP contribution in [-0.4, -0.2) is 54.5 Å². The highest BCUT2D eigenvalue weighted by Crippen LogP contribution is 2.37.